The lowest BCUT2D eigenvalue weighted by atomic mass is 9.52. The molecule has 0 radical (unpaired) electrons. The maximum Gasteiger partial charge on any atom is 0.184 e. The number of anilines is 1. The molecule has 0 aromatic heterocycles. The largest absolute Gasteiger partial charge is 0.504 e. The summed E-state index contributed by atoms with van der Waals surface area (Å²) in [5.74, 6) is 1.76. The van der Waals surface area contributed by atoms with Crippen LogP contribution in [0.1, 0.15) is 49.7 Å². The van der Waals surface area contributed by atoms with Gasteiger partial charge in [-0.3, -0.25) is 0 Å². The van der Waals surface area contributed by atoms with E-state index in [4.69, 9.17) is 4.74 Å². The van der Waals surface area contributed by atoms with Gasteiger partial charge < -0.3 is 20.5 Å². The van der Waals surface area contributed by atoms with Crippen molar-refractivity contribution in [3.63, 3.8) is 0 Å². The number of phenolic OH excluding ortho intramolecular Hbond substituents is 1. The predicted molar refractivity (Wildman–Crippen MR) is 90.5 cm³/mol. The van der Waals surface area contributed by atoms with Crippen LogP contribution in [-0.4, -0.2) is 30.8 Å². The van der Waals surface area contributed by atoms with Crippen molar-refractivity contribution in [3.8, 4) is 11.5 Å². The highest BCUT2D eigenvalue weighted by atomic mass is 16.5. The first-order valence-corrected chi connectivity index (χ1v) is 9.29. The molecule has 1 saturated heterocycles. The molecule has 5 rings (SSSR count). The third-order valence-corrected chi connectivity index (χ3v) is 6.76. The van der Waals surface area contributed by atoms with Crippen molar-refractivity contribution in [2.24, 2.45) is 5.92 Å². The summed E-state index contributed by atoms with van der Waals surface area (Å²) in [6.07, 6.45) is 8.56. The van der Waals surface area contributed by atoms with Crippen LogP contribution < -0.4 is 15.4 Å². The van der Waals surface area contributed by atoms with Gasteiger partial charge in [-0.05, 0) is 61.8 Å². The smallest absolute Gasteiger partial charge is 0.184 e. The Kier molecular flexibility index (Phi) is 3.06. The van der Waals surface area contributed by atoms with Gasteiger partial charge in [0.1, 0.15) is 0 Å². The van der Waals surface area contributed by atoms with Crippen LogP contribution in [0.2, 0.25) is 0 Å². The number of hydrogen-bond acceptors (Lipinski definition) is 4. The summed E-state index contributed by atoms with van der Waals surface area (Å²) in [6, 6.07) is 2.65. The average Bonchev–Trinajstić information content (AvgIpc) is 2.83. The number of nitrogens with one attached hydrogen (secondary N) is 2. The monoisotopic (exact) mass is 314 g/mol. The van der Waals surface area contributed by atoms with Crippen LogP contribution in [-0.2, 0) is 11.8 Å². The Morgan fingerprint density at radius 3 is 3.09 bits per heavy atom. The number of fused-ring (bicyclic) bond motifs is 3. The summed E-state index contributed by atoms with van der Waals surface area (Å²) < 4.78 is 5.87. The molecule has 4 heteroatoms. The highest BCUT2D eigenvalue weighted by Gasteiger charge is 2.52. The van der Waals surface area contributed by atoms with Crippen molar-refractivity contribution >= 4 is 5.69 Å². The van der Waals surface area contributed by atoms with Gasteiger partial charge in [0, 0.05) is 18.0 Å². The molecule has 1 aromatic carbocycles. The molecule has 2 bridgehead atoms. The Balaban J connectivity index is 1.73. The minimum atomic E-state index is 0.280. The minimum absolute atomic E-state index is 0.280. The molecule has 4 nitrogen and oxygen atoms in total. The van der Waals surface area contributed by atoms with Gasteiger partial charge in [0.15, 0.2) is 11.5 Å². The minimum Gasteiger partial charge on any atom is -0.504 e. The standard InChI is InChI=1S/C19H26N2O2/c22-16-11-14-12(17-18(16)23-9-3-7-21-17)10-15-13-4-1-2-5-19(13,14)6-8-20-15/h11,13,15,20-22H,1-10H2/t13-,15+,19+/m1/s1. The second kappa shape index (κ2) is 5.04. The average molecular weight is 314 g/mol. The van der Waals surface area contributed by atoms with Crippen molar-refractivity contribution in [2.75, 3.05) is 25.0 Å². The normalized spacial score (nSPS) is 35.0. The van der Waals surface area contributed by atoms with Crippen LogP contribution in [0.4, 0.5) is 5.69 Å². The van der Waals surface area contributed by atoms with E-state index in [1.807, 2.05) is 0 Å². The van der Waals surface area contributed by atoms with E-state index in [1.54, 1.807) is 0 Å². The second-order valence-electron chi connectivity index (χ2n) is 7.78. The van der Waals surface area contributed by atoms with Gasteiger partial charge >= 0.3 is 0 Å². The van der Waals surface area contributed by atoms with E-state index >= 15 is 0 Å². The third-order valence-electron chi connectivity index (χ3n) is 6.76. The molecular formula is C19H26N2O2. The van der Waals surface area contributed by atoms with E-state index in [0.29, 0.717) is 24.1 Å². The van der Waals surface area contributed by atoms with E-state index in [1.165, 1.54) is 43.2 Å². The molecule has 23 heavy (non-hydrogen) atoms. The van der Waals surface area contributed by atoms with Gasteiger partial charge in [0.2, 0.25) is 0 Å². The number of rotatable bonds is 0. The van der Waals surface area contributed by atoms with Crippen LogP contribution in [0.15, 0.2) is 6.07 Å². The Bertz CT molecular complexity index is 641. The summed E-state index contributed by atoms with van der Waals surface area (Å²) >= 11 is 0. The molecule has 3 atom stereocenters. The molecule has 4 aliphatic rings. The van der Waals surface area contributed by atoms with Gasteiger partial charge in [-0.15, -0.1) is 0 Å². The number of hydrogen-bond donors (Lipinski definition) is 3. The fourth-order valence-electron chi connectivity index (χ4n) is 5.83. The van der Waals surface area contributed by atoms with Crippen LogP contribution in [0.5, 0.6) is 11.5 Å². The SMILES string of the molecule is Oc1cc2c(c3c1OCCCN3)C[C@@H]1NCC[C@]23CCCC[C@H]13. The van der Waals surface area contributed by atoms with Gasteiger partial charge in [0.25, 0.3) is 0 Å². The molecule has 1 aromatic rings. The van der Waals surface area contributed by atoms with E-state index < -0.39 is 0 Å². The van der Waals surface area contributed by atoms with Crippen molar-refractivity contribution in [3.05, 3.63) is 17.2 Å². The molecule has 0 amide bonds. The number of aromatic hydroxyl groups is 1. The first kappa shape index (κ1) is 14.0. The first-order chi connectivity index (χ1) is 11.3. The summed E-state index contributed by atoms with van der Waals surface area (Å²) in [7, 11) is 0. The summed E-state index contributed by atoms with van der Waals surface area (Å²) in [5, 5.41) is 18.0. The van der Waals surface area contributed by atoms with Gasteiger partial charge in [-0.2, -0.15) is 0 Å². The van der Waals surface area contributed by atoms with Crippen LogP contribution in [0.3, 0.4) is 0 Å². The number of benzene rings is 1. The van der Waals surface area contributed by atoms with E-state index in [0.717, 1.165) is 37.5 Å². The Morgan fingerprint density at radius 2 is 2.13 bits per heavy atom. The topological polar surface area (TPSA) is 53.5 Å². The molecule has 3 N–H and O–H groups in total. The maximum atomic E-state index is 10.6. The lowest BCUT2D eigenvalue weighted by molar-refractivity contribution is 0.0796. The fraction of sp³-hybridized carbons (Fsp3) is 0.684. The zero-order valence-corrected chi connectivity index (χ0v) is 13.7. The van der Waals surface area contributed by atoms with Crippen LogP contribution in [0, 0.1) is 5.92 Å². The molecule has 2 heterocycles. The van der Waals surface area contributed by atoms with Crippen molar-refractivity contribution < 1.29 is 9.84 Å². The van der Waals surface area contributed by atoms with Crippen molar-refractivity contribution in [1.29, 1.82) is 0 Å². The first-order valence-electron chi connectivity index (χ1n) is 9.29. The van der Waals surface area contributed by atoms with Crippen LogP contribution >= 0.6 is 0 Å². The highest BCUT2D eigenvalue weighted by molar-refractivity contribution is 5.72. The Morgan fingerprint density at radius 1 is 1.17 bits per heavy atom. The maximum absolute atomic E-state index is 10.6. The zero-order chi connectivity index (χ0) is 15.4. The number of ether oxygens (including phenoxy) is 1. The molecule has 1 saturated carbocycles. The number of piperidine rings is 1. The molecule has 2 aliphatic heterocycles. The Labute approximate surface area is 137 Å². The van der Waals surface area contributed by atoms with Gasteiger partial charge in [-0.1, -0.05) is 12.8 Å². The van der Waals surface area contributed by atoms with Gasteiger partial charge in [-0.25, -0.2) is 0 Å². The molecule has 2 aliphatic carbocycles. The summed E-state index contributed by atoms with van der Waals surface area (Å²) in [6.45, 7) is 2.72. The predicted octanol–water partition coefficient (Wildman–Crippen LogP) is 2.93. The fourth-order valence-corrected chi connectivity index (χ4v) is 5.83. The second-order valence-corrected chi connectivity index (χ2v) is 7.78. The summed E-state index contributed by atoms with van der Waals surface area (Å²) in [5.41, 5.74) is 4.20. The molecule has 0 unspecified atom stereocenters. The van der Waals surface area contributed by atoms with Crippen molar-refractivity contribution in [1.82, 2.24) is 5.32 Å². The third kappa shape index (κ3) is 1.87. The molecule has 2 fully saturated rings. The van der Waals surface area contributed by atoms with Gasteiger partial charge in [0.05, 0.1) is 12.3 Å². The molecule has 0 spiro atoms. The van der Waals surface area contributed by atoms with Crippen molar-refractivity contribution in [2.45, 2.75) is 56.4 Å². The van der Waals surface area contributed by atoms with E-state index in [2.05, 4.69) is 16.7 Å². The Hall–Kier alpha value is -1.42. The van der Waals surface area contributed by atoms with Crippen LogP contribution in [0.25, 0.3) is 0 Å². The zero-order valence-electron chi connectivity index (χ0n) is 13.7. The molecule has 124 valence electrons. The lowest BCUT2D eigenvalue weighted by Crippen LogP contribution is -2.59. The van der Waals surface area contributed by atoms with E-state index in [-0.39, 0.29) is 5.41 Å². The quantitative estimate of drug-likeness (QED) is 0.689. The molecular weight excluding hydrogens is 288 g/mol. The summed E-state index contributed by atoms with van der Waals surface area (Å²) in [4.78, 5) is 0. The highest BCUT2D eigenvalue weighted by Crippen LogP contribution is 2.57. The number of phenols is 1. The van der Waals surface area contributed by atoms with E-state index in [9.17, 15) is 5.11 Å². The lowest BCUT2D eigenvalue weighted by Gasteiger charge is -2.56.